The number of aromatic nitrogens is 1. The minimum Gasteiger partial charge on any atom is -0.356 e. The first-order valence-electron chi connectivity index (χ1n) is 9.45. The third kappa shape index (κ3) is 6.97. The highest BCUT2D eigenvalue weighted by atomic mass is 127. The summed E-state index contributed by atoms with van der Waals surface area (Å²) in [5.41, 5.74) is 1.83. The van der Waals surface area contributed by atoms with Crippen molar-refractivity contribution in [2.24, 2.45) is 10.9 Å². The van der Waals surface area contributed by atoms with Gasteiger partial charge in [-0.3, -0.25) is 9.89 Å². The summed E-state index contributed by atoms with van der Waals surface area (Å²) in [6, 6.07) is 6.81. The number of guanidine groups is 1. The molecule has 5 nitrogen and oxygen atoms in total. The van der Waals surface area contributed by atoms with E-state index in [1.807, 2.05) is 6.07 Å². The third-order valence-electron chi connectivity index (χ3n) is 4.95. The first-order valence-corrected chi connectivity index (χ1v) is 10.3. The fourth-order valence-electron chi connectivity index (χ4n) is 3.34. The molecule has 0 radical (unpaired) electrons. The van der Waals surface area contributed by atoms with Crippen LogP contribution in [0.25, 0.3) is 0 Å². The Morgan fingerprint density at radius 3 is 2.68 bits per heavy atom. The molecular weight excluding hydrogens is 488 g/mol. The number of nitrogens with one attached hydrogen (secondary N) is 2. The number of hydrogen-bond acceptors (Lipinski definition) is 4. The Kier molecular flexibility index (Phi) is 9.60. The van der Waals surface area contributed by atoms with Crippen molar-refractivity contribution in [2.45, 2.75) is 32.9 Å². The quantitative estimate of drug-likeness (QED) is 0.348. The van der Waals surface area contributed by atoms with Gasteiger partial charge < -0.3 is 10.6 Å². The van der Waals surface area contributed by atoms with Crippen LogP contribution in [0, 0.1) is 18.7 Å². The van der Waals surface area contributed by atoms with E-state index >= 15 is 0 Å². The molecule has 0 atom stereocenters. The van der Waals surface area contributed by atoms with E-state index in [1.54, 1.807) is 30.5 Å². The molecule has 8 heteroatoms. The molecule has 1 aliphatic rings. The molecular formula is C20H29FIN5S. The molecule has 2 aromatic rings. The van der Waals surface area contributed by atoms with E-state index < -0.39 is 0 Å². The van der Waals surface area contributed by atoms with Crippen molar-refractivity contribution in [3.63, 3.8) is 0 Å². The van der Waals surface area contributed by atoms with Crippen LogP contribution in [0.3, 0.4) is 0 Å². The van der Waals surface area contributed by atoms with E-state index in [1.165, 1.54) is 24.6 Å². The predicted octanol–water partition coefficient (Wildman–Crippen LogP) is 3.79. The van der Waals surface area contributed by atoms with Crippen LogP contribution in [0.5, 0.6) is 0 Å². The summed E-state index contributed by atoms with van der Waals surface area (Å²) < 4.78 is 13.7. The lowest BCUT2D eigenvalue weighted by Gasteiger charge is -2.31. The normalized spacial score (nSPS) is 15.9. The first-order chi connectivity index (χ1) is 13.1. The average molecular weight is 517 g/mol. The molecule has 1 fully saturated rings. The van der Waals surface area contributed by atoms with Crippen LogP contribution in [0.4, 0.5) is 4.39 Å². The van der Waals surface area contributed by atoms with E-state index in [0.29, 0.717) is 18.0 Å². The second-order valence-electron chi connectivity index (χ2n) is 6.98. The summed E-state index contributed by atoms with van der Waals surface area (Å²) >= 11 is 1.72. The molecule has 0 aliphatic carbocycles. The number of aryl methyl sites for hydroxylation is 1. The van der Waals surface area contributed by atoms with Gasteiger partial charge in [0, 0.05) is 37.6 Å². The topological polar surface area (TPSA) is 52.6 Å². The summed E-state index contributed by atoms with van der Waals surface area (Å²) in [5.74, 6) is 1.16. The lowest BCUT2D eigenvalue weighted by atomic mass is 9.97. The van der Waals surface area contributed by atoms with Crippen LogP contribution in [-0.4, -0.2) is 42.5 Å². The molecule has 0 spiro atoms. The van der Waals surface area contributed by atoms with Crippen LogP contribution in [0.1, 0.15) is 29.1 Å². The average Bonchev–Trinajstić information content (AvgIpc) is 3.09. The second-order valence-corrected chi connectivity index (χ2v) is 8.04. The molecule has 28 heavy (non-hydrogen) atoms. The monoisotopic (exact) mass is 517 g/mol. The maximum atomic E-state index is 13.7. The van der Waals surface area contributed by atoms with E-state index in [-0.39, 0.29) is 29.8 Å². The van der Waals surface area contributed by atoms with Gasteiger partial charge in [0.05, 0.1) is 10.7 Å². The zero-order valence-corrected chi connectivity index (χ0v) is 19.6. The highest BCUT2D eigenvalue weighted by molar-refractivity contribution is 14.0. The number of thiazole rings is 1. The Morgan fingerprint density at radius 2 is 2.04 bits per heavy atom. The number of nitrogens with zero attached hydrogens (tertiary/aromatic N) is 3. The van der Waals surface area contributed by atoms with Crippen molar-refractivity contribution in [1.29, 1.82) is 0 Å². The van der Waals surface area contributed by atoms with E-state index in [9.17, 15) is 4.39 Å². The van der Waals surface area contributed by atoms with Gasteiger partial charge in [0.25, 0.3) is 0 Å². The summed E-state index contributed by atoms with van der Waals surface area (Å²) in [6.07, 6.45) is 2.33. The Hall–Kier alpha value is -1.26. The van der Waals surface area contributed by atoms with Crippen molar-refractivity contribution < 1.29 is 4.39 Å². The molecule has 1 aromatic carbocycles. The predicted molar refractivity (Wildman–Crippen MR) is 125 cm³/mol. The highest BCUT2D eigenvalue weighted by Crippen LogP contribution is 2.19. The molecule has 1 saturated heterocycles. The van der Waals surface area contributed by atoms with Crippen LogP contribution >= 0.6 is 35.3 Å². The number of hydrogen-bond donors (Lipinski definition) is 2. The summed E-state index contributed by atoms with van der Waals surface area (Å²) in [7, 11) is 1.75. The Labute approximate surface area is 187 Å². The Balaban J connectivity index is 0.00000280. The van der Waals surface area contributed by atoms with Gasteiger partial charge in [-0.2, -0.15) is 0 Å². The van der Waals surface area contributed by atoms with Crippen LogP contribution in [0.15, 0.2) is 34.6 Å². The second kappa shape index (κ2) is 11.7. The summed E-state index contributed by atoms with van der Waals surface area (Å²) in [5, 5.41) is 9.87. The van der Waals surface area contributed by atoms with Crippen molar-refractivity contribution >= 4 is 41.3 Å². The molecule has 3 rings (SSSR count). The molecule has 0 unspecified atom stereocenters. The van der Waals surface area contributed by atoms with Gasteiger partial charge >= 0.3 is 0 Å². The van der Waals surface area contributed by atoms with Gasteiger partial charge in [-0.05, 0) is 44.8 Å². The largest absolute Gasteiger partial charge is 0.356 e. The minimum absolute atomic E-state index is 0. The van der Waals surface area contributed by atoms with E-state index in [2.05, 4.69) is 37.8 Å². The number of aliphatic imine (C=N–C) groups is 1. The zero-order valence-electron chi connectivity index (χ0n) is 16.4. The fraction of sp³-hybridized carbons (Fsp3) is 0.500. The maximum Gasteiger partial charge on any atom is 0.191 e. The van der Waals surface area contributed by atoms with E-state index in [4.69, 9.17) is 0 Å². The number of rotatable bonds is 6. The maximum absolute atomic E-state index is 13.7. The zero-order chi connectivity index (χ0) is 19.1. The smallest absolute Gasteiger partial charge is 0.191 e. The van der Waals surface area contributed by atoms with E-state index in [0.717, 1.165) is 37.1 Å². The van der Waals surface area contributed by atoms with Gasteiger partial charge in [0.2, 0.25) is 0 Å². The molecule has 1 aliphatic heterocycles. The van der Waals surface area contributed by atoms with Crippen molar-refractivity contribution in [1.82, 2.24) is 20.5 Å². The number of benzene rings is 1. The number of halogens is 2. The lowest BCUT2D eigenvalue weighted by molar-refractivity contribution is 0.176. The summed E-state index contributed by atoms with van der Waals surface area (Å²) in [4.78, 5) is 11.3. The molecule has 0 saturated carbocycles. The lowest BCUT2D eigenvalue weighted by Crippen LogP contribution is -2.42. The molecule has 0 bridgehead atoms. The SMILES string of the molecule is CN=C(NCc1ccccc1F)NCC1CCN(Cc2csc(C)n2)CC1.I. The summed E-state index contributed by atoms with van der Waals surface area (Å²) in [6.45, 7) is 6.53. The standard InChI is InChI=1S/C20H28FN5S.HI/c1-15-25-18(14-27-15)13-26-9-7-16(8-10-26)11-23-20(22-2)24-12-17-5-3-4-6-19(17)21;/h3-6,14,16H,7-13H2,1-2H3,(H2,22,23,24);1H. The Morgan fingerprint density at radius 1 is 1.29 bits per heavy atom. The number of piperidine rings is 1. The Bertz CT molecular complexity index is 759. The molecule has 0 amide bonds. The van der Waals surface area contributed by atoms with Crippen LogP contribution in [-0.2, 0) is 13.1 Å². The minimum atomic E-state index is -0.192. The fourth-order valence-corrected chi connectivity index (χ4v) is 3.94. The van der Waals surface area contributed by atoms with Crippen molar-refractivity contribution in [3.05, 3.63) is 51.7 Å². The highest BCUT2D eigenvalue weighted by Gasteiger charge is 2.20. The molecule has 1 aromatic heterocycles. The van der Waals surface area contributed by atoms with Gasteiger partial charge in [-0.25, -0.2) is 9.37 Å². The van der Waals surface area contributed by atoms with Crippen molar-refractivity contribution in [2.75, 3.05) is 26.7 Å². The van der Waals surface area contributed by atoms with Crippen molar-refractivity contribution in [3.8, 4) is 0 Å². The van der Waals surface area contributed by atoms with Crippen LogP contribution in [0.2, 0.25) is 0 Å². The van der Waals surface area contributed by atoms with Gasteiger partial charge in [-0.1, -0.05) is 18.2 Å². The third-order valence-corrected chi connectivity index (χ3v) is 5.77. The first kappa shape index (κ1) is 23.0. The molecule has 2 heterocycles. The van der Waals surface area contributed by atoms with Crippen LogP contribution < -0.4 is 10.6 Å². The van der Waals surface area contributed by atoms with Gasteiger partial charge in [0.1, 0.15) is 5.82 Å². The van der Waals surface area contributed by atoms with Gasteiger partial charge in [0.15, 0.2) is 5.96 Å². The molecule has 2 N–H and O–H groups in total. The number of likely N-dealkylation sites (tertiary alicyclic amines) is 1. The van der Waals surface area contributed by atoms with Gasteiger partial charge in [-0.15, -0.1) is 35.3 Å². The molecule has 154 valence electrons.